The van der Waals surface area contributed by atoms with Crippen LogP contribution in [-0.2, 0) is 11.2 Å². The highest BCUT2D eigenvalue weighted by molar-refractivity contribution is 5.87. The van der Waals surface area contributed by atoms with Crippen molar-refractivity contribution in [2.24, 2.45) is 0 Å². The Balaban J connectivity index is 1.73. The first-order chi connectivity index (χ1) is 9.66. The van der Waals surface area contributed by atoms with Crippen LogP contribution in [0, 0.1) is 0 Å². The zero-order valence-electron chi connectivity index (χ0n) is 12.1. The molecule has 0 spiro atoms. The Labute approximate surface area is 120 Å². The van der Waals surface area contributed by atoms with Gasteiger partial charge in [-0.3, -0.25) is 4.79 Å². The second-order valence-corrected chi connectivity index (χ2v) is 6.22. The van der Waals surface area contributed by atoms with Gasteiger partial charge in [-0.15, -0.1) is 0 Å². The van der Waals surface area contributed by atoms with E-state index < -0.39 is 0 Å². The van der Waals surface area contributed by atoms with E-state index in [1.54, 1.807) is 0 Å². The third-order valence-electron chi connectivity index (χ3n) is 4.68. The number of hydrogen-bond donors (Lipinski definition) is 1. The highest BCUT2D eigenvalue weighted by Gasteiger charge is 2.37. The number of piperidine rings is 1. The lowest BCUT2D eigenvalue weighted by atomic mass is 9.76. The molecule has 3 rings (SSSR count). The first kappa shape index (κ1) is 13.6. The topological polar surface area (TPSA) is 40.5 Å². The zero-order chi connectivity index (χ0) is 14.1. The fourth-order valence-corrected chi connectivity index (χ4v) is 3.61. The summed E-state index contributed by atoms with van der Waals surface area (Å²) in [4.78, 5) is 14.8. The van der Waals surface area contributed by atoms with E-state index in [1.807, 2.05) is 24.0 Å². The maximum absolute atomic E-state index is 12.8. The van der Waals surface area contributed by atoms with Gasteiger partial charge in [-0.2, -0.15) is 0 Å². The maximum atomic E-state index is 12.8. The summed E-state index contributed by atoms with van der Waals surface area (Å²) in [7, 11) is 0. The lowest BCUT2D eigenvalue weighted by Gasteiger charge is -2.41. The number of nitrogens with zero attached hydrogens (tertiary/aromatic N) is 1. The Kier molecular flexibility index (Phi) is 3.79. The molecular weight excluding hydrogens is 250 g/mol. The molecule has 1 fully saturated rings. The first-order valence-electron chi connectivity index (χ1n) is 7.73. The molecule has 1 aromatic rings. The van der Waals surface area contributed by atoms with Crippen LogP contribution in [0.2, 0.25) is 0 Å². The quantitative estimate of drug-likeness (QED) is 0.919. The van der Waals surface area contributed by atoms with Gasteiger partial charge in [0, 0.05) is 12.6 Å². The van der Waals surface area contributed by atoms with Gasteiger partial charge in [-0.25, -0.2) is 0 Å². The molecule has 20 heavy (non-hydrogen) atoms. The number of fused-ring (bicyclic) bond motifs is 1. The summed E-state index contributed by atoms with van der Waals surface area (Å²) in [6, 6.07) is 8.47. The molecule has 3 heteroatoms. The number of amides is 1. The standard InChI is InChI=1S/C17H23NO2/c1-12(19)10-14-7-4-5-9-18(14)17(20)16-11-13-6-2-3-8-15(13)16/h2-3,6,8,12,14,16,19H,4-5,7,9-11H2,1H3. The minimum Gasteiger partial charge on any atom is -0.393 e. The Hall–Kier alpha value is -1.35. The van der Waals surface area contributed by atoms with Crippen molar-refractivity contribution in [1.82, 2.24) is 4.90 Å². The van der Waals surface area contributed by atoms with Gasteiger partial charge in [-0.05, 0) is 50.2 Å². The van der Waals surface area contributed by atoms with E-state index in [4.69, 9.17) is 0 Å². The average molecular weight is 273 g/mol. The third-order valence-corrected chi connectivity index (χ3v) is 4.68. The normalized spacial score (nSPS) is 26.6. The number of benzene rings is 1. The van der Waals surface area contributed by atoms with E-state index in [1.165, 1.54) is 17.5 Å². The van der Waals surface area contributed by atoms with E-state index in [9.17, 15) is 9.90 Å². The molecule has 0 saturated carbocycles. The van der Waals surface area contributed by atoms with Gasteiger partial charge in [0.2, 0.25) is 5.91 Å². The van der Waals surface area contributed by atoms with Gasteiger partial charge < -0.3 is 10.0 Å². The van der Waals surface area contributed by atoms with Crippen LogP contribution in [0.15, 0.2) is 24.3 Å². The van der Waals surface area contributed by atoms with E-state index in [0.717, 1.165) is 25.8 Å². The maximum Gasteiger partial charge on any atom is 0.230 e. The van der Waals surface area contributed by atoms with Crippen molar-refractivity contribution in [2.75, 3.05) is 6.54 Å². The van der Waals surface area contributed by atoms with Crippen molar-refractivity contribution < 1.29 is 9.90 Å². The highest BCUT2D eigenvalue weighted by Crippen LogP contribution is 2.37. The lowest BCUT2D eigenvalue weighted by molar-refractivity contribution is -0.137. The number of likely N-dealkylation sites (tertiary alicyclic amines) is 1. The van der Waals surface area contributed by atoms with E-state index >= 15 is 0 Å². The van der Waals surface area contributed by atoms with Crippen LogP contribution in [-0.4, -0.2) is 34.6 Å². The monoisotopic (exact) mass is 273 g/mol. The highest BCUT2D eigenvalue weighted by atomic mass is 16.3. The molecule has 108 valence electrons. The average Bonchev–Trinajstić information content (AvgIpc) is 2.40. The molecule has 3 atom stereocenters. The van der Waals surface area contributed by atoms with Gasteiger partial charge in [-0.1, -0.05) is 24.3 Å². The summed E-state index contributed by atoms with van der Waals surface area (Å²) in [5, 5.41) is 9.63. The number of hydrogen-bond acceptors (Lipinski definition) is 2. The lowest BCUT2D eigenvalue weighted by Crippen LogP contribution is -2.48. The Morgan fingerprint density at radius 3 is 2.95 bits per heavy atom. The van der Waals surface area contributed by atoms with Crippen LogP contribution >= 0.6 is 0 Å². The van der Waals surface area contributed by atoms with Crippen molar-refractivity contribution in [3.05, 3.63) is 35.4 Å². The van der Waals surface area contributed by atoms with Crippen molar-refractivity contribution in [3.63, 3.8) is 0 Å². The fraction of sp³-hybridized carbons (Fsp3) is 0.588. The molecule has 3 unspecified atom stereocenters. The molecule has 1 aliphatic heterocycles. The van der Waals surface area contributed by atoms with Crippen LogP contribution in [0.5, 0.6) is 0 Å². The van der Waals surface area contributed by atoms with E-state index in [2.05, 4.69) is 12.1 Å². The molecule has 1 N–H and O–H groups in total. The number of carbonyl (C=O) groups excluding carboxylic acids is 1. The summed E-state index contributed by atoms with van der Waals surface area (Å²) in [6.07, 6.45) is 4.55. The van der Waals surface area contributed by atoms with Crippen LogP contribution in [0.4, 0.5) is 0 Å². The van der Waals surface area contributed by atoms with E-state index in [-0.39, 0.29) is 24.0 Å². The number of aliphatic hydroxyl groups excluding tert-OH is 1. The van der Waals surface area contributed by atoms with Crippen LogP contribution in [0.25, 0.3) is 0 Å². The first-order valence-corrected chi connectivity index (χ1v) is 7.73. The molecule has 1 aromatic carbocycles. The van der Waals surface area contributed by atoms with E-state index in [0.29, 0.717) is 6.42 Å². The van der Waals surface area contributed by atoms with Crippen molar-refractivity contribution in [1.29, 1.82) is 0 Å². The molecule has 1 heterocycles. The molecule has 3 nitrogen and oxygen atoms in total. The molecule has 2 aliphatic rings. The molecular formula is C17H23NO2. The molecule has 0 bridgehead atoms. The van der Waals surface area contributed by atoms with Crippen LogP contribution in [0.3, 0.4) is 0 Å². The summed E-state index contributed by atoms with van der Waals surface area (Å²) >= 11 is 0. The molecule has 1 aliphatic carbocycles. The van der Waals surface area contributed by atoms with Crippen molar-refractivity contribution in [2.45, 2.75) is 57.1 Å². The van der Waals surface area contributed by atoms with Crippen molar-refractivity contribution >= 4 is 5.91 Å². The SMILES string of the molecule is CC(O)CC1CCCCN1C(=O)C1Cc2ccccc21. The molecule has 0 radical (unpaired) electrons. The predicted octanol–water partition coefficient (Wildman–Crippen LogP) is 2.48. The Morgan fingerprint density at radius 2 is 2.20 bits per heavy atom. The van der Waals surface area contributed by atoms with Crippen LogP contribution in [0.1, 0.15) is 49.7 Å². The van der Waals surface area contributed by atoms with Gasteiger partial charge in [0.15, 0.2) is 0 Å². The van der Waals surface area contributed by atoms with Gasteiger partial charge in [0.25, 0.3) is 0 Å². The fourth-order valence-electron chi connectivity index (χ4n) is 3.61. The summed E-state index contributed by atoms with van der Waals surface area (Å²) in [6.45, 7) is 2.67. The summed E-state index contributed by atoms with van der Waals surface area (Å²) < 4.78 is 0. The van der Waals surface area contributed by atoms with Crippen LogP contribution < -0.4 is 0 Å². The third kappa shape index (κ3) is 2.47. The summed E-state index contributed by atoms with van der Waals surface area (Å²) in [5.74, 6) is 0.329. The van der Waals surface area contributed by atoms with Gasteiger partial charge in [0.1, 0.15) is 0 Å². The predicted molar refractivity (Wildman–Crippen MR) is 78.5 cm³/mol. The van der Waals surface area contributed by atoms with Gasteiger partial charge in [0.05, 0.1) is 12.0 Å². The molecule has 1 amide bonds. The van der Waals surface area contributed by atoms with Gasteiger partial charge >= 0.3 is 0 Å². The second-order valence-electron chi connectivity index (χ2n) is 6.22. The number of rotatable bonds is 3. The van der Waals surface area contributed by atoms with Crippen molar-refractivity contribution in [3.8, 4) is 0 Å². The number of carbonyl (C=O) groups is 1. The Morgan fingerprint density at radius 1 is 1.40 bits per heavy atom. The smallest absolute Gasteiger partial charge is 0.230 e. The largest absolute Gasteiger partial charge is 0.393 e. The Bertz CT molecular complexity index is 498. The number of aliphatic hydroxyl groups is 1. The molecule has 0 aromatic heterocycles. The zero-order valence-corrected chi connectivity index (χ0v) is 12.1. The molecule has 1 saturated heterocycles. The summed E-state index contributed by atoms with van der Waals surface area (Å²) in [5.41, 5.74) is 2.52. The minimum atomic E-state index is -0.331. The second kappa shape index (κ2) is 5.57. The minimum absolute atomic E-state index is 0.0563.